The molecule has 0 atom stereocenters. The fraction of sp³-hybridized carbons (Fsp3) is 0.118. The first-order chi connectivity index (χ1) is 11.6. The quantitative estimate of drug-likeness (QED) is 0.536. The van der Waals surface area contributed by atoms with E-state index >= 15 is 0 Å². The minimum Gasteiger partial charge on any atom is -0.495 e. The van der Waals surface area contributed by atoms with Crippen LogP contribution in [0.2, 0.25) is 5.02 Å². The number of halogens is 1. The number of rotatable bonds is 4. The highest BCUT2D eigenvalue weighted by atomic mass is 35.5. The molecule has 0 amide bonds. The lowest BCUT2D eigenvalue weighted by Crippen LogP contribution is -2.11. The van der Waals surface area contributed by atoms with Crippen molar-refractivity contribution < 1.29 is 14.3 Å². The van der Waals surface area contributed by atoms with Gasteiger partial charge in [0.05, 0.1) is 23.5 Å². The number of benzene rings is 2. The van der Waals surface area contributed by atoms with E-state index in [1.54, 1.807) is 56.5 Å². The molecule has 122 valence electrons. The summed E-state index contributed by atoms with van der Waals surface area (Å²) < 4.78 is 11.9. The van der Waals surface area contributed by atoms with Gasteiger partial charge in [-0.15, -0.1) is 5.10 Å². The van der Waals surface area contributed by atoms with Gasteiger partial charge in [0.25, 0.3) is 0 Å². The van der Waals surface area contributed by atoms with Gasteiger partial charge in [0.2, 0.25) is 0 Å². The SMILES string of the molecule is COc1ccc(-n2nnc(C(=O)Oc3ccccc3)c2C)cc1Cl. The van der Waals surface area contributed by atoms with Gasteiger partial charge < -0.3 is 9.47 Å². The molecule has 3 aromatic rings. The molecule has 1 aromatic heterocycles. The summed E-state index contributed by atoms with van der Waals surface area (Å²) in [6.07, 6.45) is 0. The van der Waals surface area contributed by atoms with Crippen LogP contribution in [0.15, 0.2) is 48.5 Å². The highest BCUT2D eigenvalue weighted by molar-refractivity contribution is 6.32. The van der Waals surface area contributed by atoms with Gasteiger partial charge >= 0.3 is 5.97 Å². The first kappa shape index (κ1) is 16.0. The first-order valence-electron chi connectivity index (χ1n) is 7.13. The Morgan fingerprint density at radius 2 is 1.92 bits per heavy atom. The standard InChI is InChI=1S/C17H14ClN3O3/c1-11-16(17(22)24-13-6-4-3-5-7-13)19-20-21(11)12-8-9-15(23-2)14(18)10-12/h3-10H,1-2H3. The highest BCUT2D eigenvalue weighted by Crippen LogP contribution is 2.27. The molecule has 0 saturated carbocycles. The van der Waals surface area contributed by atoms with E-state index < -0.39 is 5.97 Å². The van der Waals surface area contributed by atoms with E-state index in [1.165, 1.54) is 4.68 Å². The number of hydrogen-bond donors (Lipinski definition) is 0. The Morgan fingerprint density at radius 1 is 1.17 bits per heavy atom. The lowest BCUT2D eigenvalue weighted by atomic mass is 10.2. The van der Waals surface area contributed by atoms with Crippen molar-refractivity contribution >= 4 is 17.6 Å². The average molecular weight is 344 g/mol. The minimum absolute atomic E-state index is 0.144. The molecule has 24 heavy (non-hydrogen) atoms. The lowest BCUT2D eigenvalue weighted by molar-refractivity contribution is 0.0727. The molecule has 1 heterocycles. The summed E-state index contributed by atoms with van der Waals surface area (Å²) in [5.74, 6) is 0.440. The van der Waals surface area contributed by atoms with E-state index in [0.717, 1.165) is 0 Å². The summed E-state index contributed by atoms with van der Waals surface area (Å²) in [7, 11) is 1.54. The Bertz CT molecular complexity index is 878. The molecule has 0 fully saturated rings. The third-order valence-corrected chi connectivity index (χ3v) is 3.72. The number of para-hydroxylation sites is 1. The summed E-state index contributed by atoms with van der Waals surface area (Å²) >= 11 is 6.13. The van der Waals surface area contributed by atoms with Gasteiger partial charge in [0.15, 0.2) is 5.69 Å². The van der Waals surface area contributed by atoms with Gasteiger partial charge in [-0.25, -0.2) is 9.48 Å². The Morgan fingerprint density at radius 3 is 2.58 bits per heavy atom. The van der Waals surface area contributed by atoms with E-state index in [4.69, 9.17) is 21.1 Å². The first-order valence-corrected chi connectivity index (χ1v) is 7.51. The molecule has 7 heteroatoms. The summed E-state index contributed by atoms with van der Waals surface area (Å²) in [5.41, 5.74) is 1.37. The molecule has 0 radical (unpaired) electrons. The summed E-state index contributed by atoms with van der Waals surface area (Å²) in [5, 5.41) is 8.38. The molecule has 3 rings (SSSR count). The van der Waals surface area contributed by atoms with Crippen molar-refractivity contribution in [3.05, 3.63) is 64.9 Å². The van der Waals surface area contributed by atoms with Crippen LogP contribution in [0.1, 0.15) is 16.2 Å². The number of aromatic nitrogens is 3. The molecule has 0 N–H and O–H groups in total. The minimum atomic E-state index is -0.565. The molecule has 0 saturated heterocycles. The molecular formula is C17H14ClN3O3. The van der Waals surface area contributed by atoms with Gasteiger partial charge in [-0.1, -0.05) is 35.0 Å². The maximum Gasteiger partial charge on any atom is 0.366 e. The second-order valence-corrected chi connectivity index (χ2v) is 5.36. The van der Waals surface area contributed by atoms with Crippen LogP contribution in [-0.2, 0) is 0 Å². The predicted octanol–water partition coefficient (Wildman–Crippen LogP) is 3.46. The Kier molecular flexibility index (Phi) is 4.48. The number of nitrogens with zero attached hydrogens (tertiary/aromatic N) is 3. The zero-order chi connectivity index (χ0) is 17.1. The van der Waals surface area contributed by atoms with Gasteiger partial charge in [-0.2, -0.15) is 0 Å². The number of esters is 1. The van der Waals surface area contributed by atoms with Crippen LogP contribution >= 0.6 is 11.6 Å². The number of methoxy groups -OCH3 is 1. The predicted molar refractivity (Wildman–Crippen MR) is 89.1 cm³/mol. The number of carbonyl (C=O) groups is 1. The van der Waals surface area contributed by atoms with Crippen molar-refractivity contribution in [3.8, 4) is 17.2 Å². The fourth-order valence-corrected chi connectivity index (χ4v) is 2.45. The van der Waals surface area contributed by atoms with Crippen LogP contribution in [0.5, 0.6) is 11.5 Å². The van der Waals surface area contributed by atoms with Crippen LogP contribution in [0.25, 0.3) is 5.69 Å². The van der Waals surface area contributed by atoms with E-state index in [2.05, 4.69) is 10.3 Å². The van der Waals surface area contributed by atoms with Gasteiger partial charge in [0, 0.05) is 0 Å². The fourth-order valence-electron chi connectivity index (χ4n) is 2.19. The lowest BCUT2D eigenvalue weighted by Gasteiger charge is -2.07. The maximum atomic E-state index is 12.3. The molecule has 0 bridgehead atoms. The van der Waals surface area contributed by atoms with Crippen molar-refractivity contribution in [3.63, 3.8) is 0 Å². The molecule has 2 aromatic carbocycles. The molecule has 0 aliphatic carbocycles. The van der Waals surface area contributed by atoms with E-state index in [9.17, 15) is 4.79 Å². The molecule has 0 aliphatic heterocycles. The highest BCUT2D eigenvalue weighted by Gasteiger charge is 2.19. The van der Waals surface area contributed by atoms with Crippen LogP contribution in [0.4, 0.5) is 0 Å². The smallest absolute Gasteiger partial charge is 0.366 e. The molecule has 0 unspecified atom stereocenters. The topological polar surface area (TPSA) is 66.2 Å². The largest absolute Gasteiger partial charge is 0.495 e. The van der Waals surface area contributed by atoms with Crippen LogP contribution in [0.3, 0.4) is 0 Å². The molecule has 0 spiro atoms. The number of ether oxygens (including phenoxy) is 2. The van der Waals surface area contributed by atoms with Gasteiger partial charge in [0.1, 0.15) is 11.5 Å². The number of hydrogen-bond acceptors (Lipinski definition) is 5. The Labute approximate surface area is 143 Å². The molecular weight excluding hydrogens is 330 g/mol. The van der Waals surface area contributed by atoms with Crippen molar-refractivity contribution in [2.45, 2.75) is 6.92 Å². The maximum absolute atomic E-state index is 12.3. The Hall–Kier alpha value is -2.86. The normalized spacial score (nSPS) is 10.5. The van der Waals surface area contributed by atoms with Crippen LogP contribution in [0, 0.1) is 6.92 Å². The molecule has 6 nitrogen and oxygen atoms in total. The summed E-state index contributed by atoms with van der Waals surface area (Å²) in [6, 6.07) is 14.0. The van der Waals surface area contributed by atoms with Crippen molar-refractivity contribution in [1.82, 2.24) is 15.0 Å². The number of carbonyl (C=O) groups excluding carboxylic acids is 1. The van der Waals surface area contributed by atoms with Crippen LogP contribution in [-0.4, -0.2) is 28.1 Å². The third kappa shape index (κ3) is 3.09. The second-order valence-electron chi connectivity index (χ2n) is 4.96. The summed E-state index contributed by atoms with van der Waals surface area (Å²) in [6.45, 7) is 1.74. The van der Waals surface area contributed by atoms with E-state index in [0.29, 0.717) is 27.9 Å². The average Bonchev–Trinajstić information content (AvgIpc) is 2.97. The van der Waals surface area contributed by atoms with E-state index in [-0.39, 0.29) is 5.69 Å². The zero-order valence-corrected chi connectivity index (χ0v) is 13.8. The van der Waals surface area contributed by atoms with Gasteiger partial charge in [-0.05, 0) is 37.3 Å². The van der Waals surface area contributed by atoms with Crippen molar-refractivity contribution in [2.75, 3.05) is 7.11 Å². The third-order valence-electron chi connectivity index (χ3n) is 3.42. The van der Waals surface area contributed by atoms with E-state index in [1.807, 2.05) is 6.07 Å². The Balaban J connectivity index is 1.88. The van der Waals surface area contributed by atoms with Crippen molar-refractivity contribution in [1.29, 1.82) is 0 Å². The zero-order valence-electron chi connectivity index (χ0n) is 13.1. The second kappa shape index (κ2) is 6.72. The monoisotopic (exact) mass is 343 g/mol. The summed E-state index contributed by atoms with van der Waals surface area (Å²) in [4.78, 5) is 12.3. The van der Waals surface area contributed by atoms with Gasteiger partial charge in [-0.3, -0.25) is 0 Å². The van der Waals surface area contributed by atoms with Crippen molar-refractivity contribution in [2.24, 2.45) is 0 Å². The molecule has 0 aliphatic rings. The van der Waals surface area contributed by atoms with Crippen LogP contribution < -0.4 is 9.47 Å².